The minimum Gasteiger partial charge on any atom is -0.458 e. The Labute approximate surface area is 197 Å². The van der Waals surface area contributed by atoms with Crippen LogP contribution >= 0.6 is 11.6 Å². The molecule has 3 aromatic carbocycles. The highest BCUT2D eigenvalue weighted by molar-refractivity contribution is 6.31. The second kappa shape index (κ2) is 8.73. The lowest BCUT2D eigenvalue weighted by atomic mass is 9.90. The lowest BCUT2D eigenvalue weighted by molar-refractivity contribution is -0.115. The van der Waals surface area contributed by atoms with Crippen LogP contribution in [0.3, 0.4) is 0 Å². The summed E-state index contributed by atoms with van der Waals surface area (Å²) in [5, 5.41) is 3.51. The van der Waals surface area contributed by atoms with Crippen LogP contribution in [0.4, 0.5) is 11.4 Å². The summed E-state index contributed by atoms with van der Waals surface area (Å²) in [6, 6.07) is 19.0. The van der Waals surface area contributed by atoms with Crippen LogP contribution in [0.25, 0.3) is 0 Å². The number of carbonyl (C=O) groups is 1. The first kappa shape index (κ1) is 21.2. The molecule has 0 aromatic heterocycles. The predicted octanol–water partition coefficient (Wildman–Crippen LogP) is 5.50. The summed E-state index contributed by atoms with van der Waals surface area (Å²) in [7, 11) is 4.06. The van der Waals surface area contributed by atoms with E-state index in [0.717, 1.165) is 23.4 Å². The van der Waals surface area contributed by atoms with Gasteiger partial charge in [-0.25, -0.2) is 0 Å². The van der Waals surface area contributed by atoms with Crippen molar-refractivity contribution in [1.82, 2.24) is 4.90 Å². The largest absolute Gasteiger partial charge is 0.458 e. The van der Waals surface area contributed by atoms with Crippen LogP contribution in [-0.2, 0) is 11.3 Å². The van der Waals surface area contributed by atoms with E-state index in [1.807, 2.05) is 62.6 Å². The van der Waals surface area contributed by atoms with Gasteiger partial charge in [-0.05, 0) is 67.7 Å². The van der Waals surface area contributed by atoms with E-state index in [2.05, 4.69) is 10.2 Å². The molecule has 166 valence electrons. The number of amides is 1. The van der Waals surface area contributed by atoms with Gasteiger partial charge in [0.25, 0.3) is 0 Å². The number of halogens is 1. The standard InChI is InChI=1S/C26H22ClN3O3/c1-30(2)15-16-3-7-19(8-4-16)28-25(17-5-10-22-23(13-17)33-12-11-32-22)24-20-9-6-18(27)14-21(20)29-26(24)31/h3-14,24H,15H2,1-2H3,(H,29,31). The van der Waals surface area contributed by atoms with Gasteiger partial charge in [0.2, 0.25) is 5.91 Å². The summed E-state index contributed by atoms with van der Waals surface area (Å²) in [4.78, 5) is 20.2. The molecular formula is C26H22ClN3O3. The number of anilines is 1. The predicted molar refractivity (Wildman–Crippen MR) is 130 cm³/mol. The fourth-order valence-electron chi connectivity index (χ4n) is 4.04. The highest BCUT2D eigenvalue weighted by atomic mass is 35.5. The molecule has 2 aliphatic heterocycles. The molecule has 0 spiro atoms. The molecule has 1 atom stereocenters. The molecule has 5 rings (SSSR count). The third-order valence-corrected chi connectivity index (χ3v) is 5.72. The Bertz CT molecular complexity index is 1280. The molecule has 0 fully saturated rings. The minimum atomic E-state index is -0.586. The third-order valence-electron chi connectivity index (χ3n) is 5.49. The van der Waals surface area contributed by atoms with Crippen molar-refractivity contribution >= 4 is 34.6 Å². The third kappa shape index (κ3) is 4.35. The number of hydrogen-bond acceptors (Lipinski definition) is 5. The average Bonchev–Trinajstić information content (AvgIpc) is 3.12. The van der Waals surface area contributed by atoms with Gasteiger partial charge in [-0.3, -0.25) is 9.79 Å². The molecule has 2 aliphatic rings. The molecule has 0 bridgehead atoms. The van der Waals surface area contributed by atoms with Crippen LogP contribution in [0, 0.1) is 0 Å². The number of hydrogen-bond donors (Lipinski definition) is 1. The highest BCUT2D eigenvalue weighted by Crippen LogP contribution is 2.39. The van der Waals surface area contributed by atoms with Crippen LogP contribution in [0.1, 0.15) is 22.6 Å². The topological polar surface area (TPSA) is 63.2 Å². The monoisotopic (exact) mass is 459 g/mol. The van der Waals surface area contributed by atoms with Crippen molar-refractivity contribution in [3.05, 3.63) is 94.9 Å². The van der Waals surface area contributed by atoms with Gasteiger partial charge in [0.1, 0.15) is 18.4 Å². The second-order valence-corrected chi connectivity index (χ2v) is 8.66. The van der Waals surface area contributed by atoms with Gasteiger partial charge in [-0.1, -0.05) is 29.8 Å². The second-order valence-electron chi connectivity index (χ2n) is 8.22. The lowest BCUT2D eigenvalue weighted by Gasteiger charge is -2.17. The Morgan fingerprint density at radius 3 is 2.52 bits per heavy atom. The summed E-state index contributed by atoms with van der Waals surface area (Å²) >= 11 is 6.15. The molecule has 2 heterocycles. The maximum atomic E-state index is 13.1. The van der Waals surface area contributed by atoms with Gasteiger partial charge in [0.05, 0.1) is 11.4 Å². The fraction of sp³-hybridized carbons (Fsp3) is 0.154. The highest BCUT2D eigenvalue weighted by Gasteiger charge is 2.36. The molecule has 0 saturated heterocycles. The number of nitrogens with zero attached hydrogens (tertiary/aromatic N) is 2. The van der Waals surface area contributed by atoms with E-state index in [4.69, 9.17) is 26.1 Å². The fourth-order valence-corrected chi connectivity index (χ4v) is 4.21. The van der Waals surface area contributed by atoms with Crippen molar-refractivity contribution in [2.24, 2.45) is 4.99 Å². The van der Waals surface area contributed by atoms with E-state index in [1.165, 1.54) is 18.1 Å². The average molecular weight is 460 g/mol. The minimum absolute atomic E-state index is 0.148. The Hall–Kier alpha value is -3.61. The van der Waals surface area contributed by atoms with E-state index in [-0.39, 0.29) is 5.91 Å². The Morgan fingerprint density at radius 2 is 1.76 bits per heavy atom. The lowest BCUT2D eigenvalue weighted by Crippen LogP contribution is -2.22. The van der Waals surface area contributed by atoms with Gasteiger partial charge < -0.3 is 19.7 Å². The van der Waals surface area contributed by atoms with E-state index in [0.29, 0.717) is 27.9 Å². The maximum Gasteiger partial charge on any atom is 0.238 e. The van der Waals surface area contributed by atoms with Gasteiger partial charge in [-0.2, -0.15) is 0 Å². The summed E-state index contributed by atoms with van der Waals surface area (Å²) < 4.78 is 11.1. The molecule has 33 heavy (non-hydrogen) atoms. The first-order valence-corrected chi connectivity index (χ1v) is 10.9. The SMILES string of the molecule is CN(C)Cc1ccc(N=C(c2ccc3c(c2)OC=CO3)C2C(=O)Nc3cc(Cl)ccc32)cc1. The quantitative estimate of drug-likeness (QED) is 0.512. The molecule has 1 amide bonds. The van der Waals surface area contributed by atoms with Crippen molar-refractivity contribution in [1.29, 1.82) is 0 Å². The van der Waals surface area contributed by atoms with Crippen LogP contribution in [0.2, 0.25) is 5.02 Å². The number of benzene rings is 3. The first-order chi connectivity index (χ1) is 16.0. The summed E-state index contributed by atoms with van der Waals surface area (Å²) in [6.45, 7) is 0.839. The van der Waals surface area contributed by atoms with Crippen molar-refractivity contribution in [3.8, 4) is 11.5 Å². The van der Waals surface area contributed by atoms with E-state index < -0.39 is 5.92 Å². The molecule has 7 heteroatoms. The number of fused-ring (bicyclic) bond motifs is 2. The smallest absolute Gasteiger partial charge is 0.238 e. The van der Waals surface area contributed by atoms with Gasteiger partial charge in [0, 0.05) is 22.8 Å². The van der Waals surface area contributed by atoms with Crippen molar-refractivity contribution in [2.75, 3.05) is 19.4 Å². The number of nitrogens with one attached hydrogen (secondary N) is 1. The molecule has 6 nitrogen and oxygen atoms in total. The maximum absolute atomic E-state index is 13.1. The molecule has 1 N–H and O–H groups in total. The first-order valence-electron chi connectivity index (χ1n) is 10.5. The number of aliphatic imine (C=N–C) groups is 1. The number of ether oxygens (including phenoxy) is 2. The van der Waals surface area contributed by atoms with E-state index >= 15 is 0 Å². The molecular weight excluding hydrogens is 438 g/mol. The zero-order valence-corrected chi connectivity index (χ0v) is 19.0. The van der Waals surface area contributed by atoms with Crippen LogP contribution in [-0.4, -0.2) is 30.6 Å². The van der Waals surface area contributed by atoms with Crippen LogP contribution in [0.5, 0.6) is 11.5 Å². The van der Waals surface area contributed by atoms with Crippen molar-refractivity contribution in [3.63, 3.8) is 0 Å². The van der Waals surface area contributed by atoms with Crippen molar-refractivity contribution in [2.45, 2.75) is 12.5 Å². The Balaban J connectivity index is 1.61. The summed E-state index contributed by atoms with van der Waals surface area (Å²) in [5.74, 6) is 0.442. The van der Waals surface area contributed by atoms with E-state index in [1.54, 1.807) is 12.1 Å². The van der Waals surface area contributed by atoms with Gasteiger partial charge in [-0.15, -0.1) is 0 Å². The summed E-state index contributed by atoms with van der Waals surface area (Å²) in [6.07, 6.45) is 2.96. The van der Waals surface area contributed by atoms with Crippen LogP contribution < -0.4 is 14.8 Å². The molecule has 1 unspecified atom stereocenters. The van der Waals surface area contributed by atoms with Gasteiger partial charge >= 0.3 is 0 Å². The Morgan fingerprint density at radius 1 is 1.00 bits per heavy atom. The molecule has 0 saturated carbocycles. The molecule has 3 aromatic rings. The number of carbonyl (C=O) groups excluding carboxylic acids is 1. The van der Waals surface area contributed by atoms with Crippen molar-refractivity contribution < 1.29 is 14.3 Å². The zero-order valence-electron chi connectivity index (χ0n) is 18.2. The summed E-state index contributed by atoms with van der Waals surface area (Å²) in [5.41, 5.74) is 4.87. The zero-order chi connectivity index (χ0) is 22.9. The molecule has 0 aliphatic carbocycles. The van der Waals surface area contributed by atoms with Crippen LogP contribution in [0.15, 0.2) is 78.2 Å². The number of rotatable bonds is 5. The van der Waals surface area contributed by atoms with Gasteiger partial charge in [0.15, 0.2) is 11.5 Å². The Kier molecular flexibility index (Phi) is 5.62. The van der Waals surface area contributed by atoms with E-state index in [9.17, 15) is 4.79 Å². The normalized spacial score (nSPS) is 16.7. The molecule has 0 radical (unpaired) electrons.